The number of H-pyrrole nitrogens is 1. The fourth-order valence-corrected chi connectivity index (χ4v) is 5.01. The van der Waals surface area contributed by atoms with E-state index in [1.807, 2.05) is 6.92 Å². The summed E-state index contributed by atoms with van der Waals surface area (Å²) in [5.41, 5.74) is 2.63. The molecule has 1 N–H and O–H groups in total. The second-order valence-corrected chi connectivity index (χ2v) is 8.70. The van der Waals surface area contributed by atoms with E-state index in [1.54, 1.807) is 25.1 Å². The van der Waals surface area contributed by atoms with Gasteiger partial charge in [0.2, 0.25) is 5.78 Å². The first kappa shape index (κ1) is 21.3. The van der Waals surface area contributed by atoms with E-state index in [1.165, 1.54) is 13.3 Å². The van der Waals surface area contributed by atoms with Crippen LogP contribution in [0.25, 0.3) is 0 Å². The van der Waals surface area contributed by atoms with E-state index >= 15 is 0 Å². The van der Waals surface area contributed by atoms with Crippen LogP contribution in [0, 0.1) is 6.92 Å². The molecular formula is C25H29NO5. The summed E-state index contributed by atoms with van der Waals surface area (Å²) in [6.07, 6.45) is 6.13. The Labute approximate surface area is 182 Å². The van der Waals surface area contributed by atoms with Crippen LogP contribution in [0.5, 0.6) is 11.5 Å². The number of aromatic nitrogens is 1. The molecule has 1 aromatic heterocycles. The number of hydrogen-bond acceptors (Lipinski definition) is 5. The zero-order chi connectivity index (χ0) is 22.2. The second kappa shape index (κ2) is 8.33. The van der Waals surface area contributed by atoms with Crippen molar-refractivity contribution in [3.63, 3.8) is 0 Å². The van der Waals surface area contributed by atoms with Gasteiger partial charge in [-0.2, -0.15) is 0 Å². The SMILES string of the molecule is CCc1c(C(=O)COc2ccc3c(c2)OC2(CCCCC2)CC3=O)[nH]c(C)c1C(C)=O. The molecule has 1 fully saturated rings. The summed E-state index contributed by atoms with van der Waals surface area (Å²) in [5.74, 6) is 0.870. The van der Waals surface area contributed by atoms with Crippen LogP contribution in [0.4, 0.5) is 0 Å². The minimum atomic E-state index is -0.391. The molecule has 164 valence electrons. The standard InChI is InChI=1S/C25H29NO5/c1-4-18-23(16(3)27)15(2)26-24(18)21(29)14-30-17-8-9-19-20(28)13-25(31-22(19)12-17)10-6-5-7-11-25/h8-9,12,26H,4-7,10-11,13-14H2,1-3H3. The zero-order valence-electron chi connectivity index (χ0n) is 18.4. The molecule has 2 aliphatic rings. The predicted molar refractivity (Wildman–Crippen MR) is 117 cm³/mol. The molecule has 1 aliphatic carbocycles. The van der Waals surface area contributed by atoms with Gasteiger partial charge in [-0.3, -0.25) is 14.4 Å². The number of fused-ring (bicyclic) bond motifs is 1. The van der Waals surface area contributed by atoms with Crippen molar-refractivity contribution in [2.24, 2.45) is 0 Å². The van der Waals surface area contributed by atoms with Crippen molar-refractivity contribution >= 4 is 17.3 Å². The maximum Gasteiger partial charge on any atom is 0.216 e. The van der Waals surface area contributed by atoms with Crippen molar-refractivity contribution in [2.45, 2.75) is 71.3 Å². The number of carbonyl (C=O) groups excluding carboxylic acids is 3. The number of aryl methyl sites for hydroxylation is 1. The molecule has 0 bridgehead atoms. The van der Waals surface area contributed by atoms with Crippen LogP contribution in [0.1, 0.15) is 94.8 Å². The molecule has 0 amide bonds. The van der Waals surface area contributed by atoms with Gasteiger partial charge in [0, 0.05) is 17.3 Å². The molecule has 2 aromatic rings. The number of hydrogen-bond donors (Lipinski definition) is 1. The van der Waals surface area contributed by atoms with Crippen LogP contribution in [-0.2, 0) is 6.42 Å². The normalized spacial score (nSPS) is 17.2. The van der Waals surface area contributed by atoms with Crippen molar-refractivity contribution in [1.29, 1.82) is 0 Å². The first-order valence-corrected chi connectivity index (χ1v) is 11.1. The quantitative estimate of drug-likeness (QED) is 0.660. The van der Waals surface area contributed by atoms with Gasteiger partial charge in [-0.15, -0.1) is 0 Å². The number of benzene rings is 1. The lowest BCUT2D eigenvalue weighted by molar-refractivity contribution is 0.0134. The van der Waals surface area contributed by atoms with E-state index in [0.717, 1.165) is 31.2 Å². The summed E-state index contributed by atoms with van der Waals surface area (Å²) in [7, 11) is 0. The van der Waals surface area contributed by atoms with Crippen LogP contribution >= 0.6 is 0 Å². The topological polar surface area (TPSA) is 85.5 Å². The third-order valence-corrected chi connectivity index (χ3v) is 6.47. The molecule has 31 heavy (non-hydrogen) atoms. The van der Waals surface area contributed by atoms with Crippen molar-refractivity contribution in [1.82, 2.24) is 4.98 Å². The van der Waals surface area contributed by atoms with Crippen LogP contribution in [0.3, 0.4) is 0 Å². The molecular weight excluding hydrogens is 394 g/mol. The Hall–Kier alpha value is -2.89. The molecule has 1 aromatic carbocycles. The van der Waals surface area contributed by atoms with Crippen LogP contribution < -0.4 is 9.47 Å². The summed E-state index contributed by atoms with van der Waals surface area (Å²) in [6.45, 7) is 5.06. The van der Waals surface area contributed by atoms with Gasteiger partial charge in [0.25, 0.3) is 0 Å². The maximum absolute atomic E-state index is 12.8. The van der Waals surface area contributed by atoms with Crippen molar-refractivity contribution in [2.75, 3.05) is 6.61 Å². The number of aromatic amines is 1. The lowest BCUT2D eigenvalue weighted by Gasteiger charge is -2.40. The predicted octanol–water partition coefficient (Wildman–Crippen LogP) is 5.02. The van der Waals surface area contributed by atoms with Gasteiger partial charge < -0.3 is 14.5 Å². The van der Waals surface area contributed by atoms with Crippen LogP contribution in [0.15, 0.2) is 18.2 Å². The average Bonchev–Trinajstić information content (AvgIpc) is 3.08. The highest BCUT2D eigenvalue weighted by atomic mass is 16.5. The molecule has 1 saturated carbocycles. The van der Waals surface area contributed by atoms with Gasteiger partial charge in [0.05, 0.1) is 17.7 Å². The molecule has 1 aliphatic heterocycles. The molecule has 0 atom stereocenters. The maximum atomic E-state index is 12.8. The van der Waals surface area contributed by atoms with Gasteiger partial charge in [-0.1, -0.05) is 13.3 Å². The third kappa shape index (κ3) is 4.03. The van der Waals surface area contributed by atoms with Crippen molar-refractivity contribution in [3.8, 4) is 11.5 Å². The summed E-state index contributed by atoms with van der Waals surface area (Å²) >= 11 is 0. The minimum absolute atomic E-state index is 0.0567. The number of ether oxygens (including phenoxy) is 2. The van der Waals surface area contributed by atoms with Crippen LogP contribution in [-0.4, -0.2) is 34.5 Å². The first-order valence-electron chi connectivity index (χ1n) is 11.1. The second-order valence-electron chi connectivity index (χ2n) is 8.70. The number of nitrogens with one attached hydrogen (secondary N) is 1. The highest BCUT2D eigenvalue weighted by Gasteiger charge is 2.41. The van der Waals surface area contributed by atoms with E-state index in [9.17, 15) is 14.4 Å². The molecule has 6 nitrogen and oxygen atoms in total. The fourth-order valence-electron chi connectivity index (χ4n) is 5.01. The van der Waals surface area contributed by atoms with E-state index in [0.29, 0.717) is 46.9 Å². The third-order valence-electron chi connectivity index (χ3n) is 6.47. The highest BCUT2D eigenvalue weighted by Crippen LogP contribution is 2.42. The number of ketones is 3. The molecule has 0 unspecified atom stereocenters. The molecule has 6 heteroatoms. The largest absolute Gasteiger partial charge is 0.486 e. The lowest BCUT2D eigenvalue weighted by Crippen LogP contribution is -2.43. The van der Waals surface area contributed by atoms with Gasteiger partial charge in [-0.25, -0.2) is 0 Å². The highest BCUT2D eigenvalue weighted by molar-refractivity contribution is 6.04. The Balaban J connectivity index is 1.51. The average molecular weight is 424 g/mol. The fraction of sp³-hybridized carbons (Fsp3) is 0.480. The summed E-state index contributed by atoms with van der Waals surface area (Å²) in [6, 6.07) is 5.14. The molecule has 4 rings (SSSR count). The molecule has 0 radical (unpaired) electrons. The first-order chi connectivity index (χ1) is 14.8. The van der Waals surface area contributed by atoms with E-state index in [2.05, 4.69) is 4.98 Å². The summed E-state index contributed by atoms with van der Waals surface area (Å²) < 4.78 is 12.1. The van der Waals surface area contributed by atoms with E-state index in [-0.39, 0.29) is 24.0 Å². The zero-order valence-corrected chi connectivity index (χ0v) is 18.4. The molecule has 1 spiro atoms. The van der Waals surface area contributed by atoms with Crippen molar-refractivity contribution in [3.05, 3.63) is 46.3 Å². The van der Waals surface area contributed by atoms with Gasteiger partial charge in [-0.05, 0) is 63.6 Å². The van der Waals surface area contributed by atoms with Crippen LogP contribution in [0.2, 0.25) is 0 Å². The Bertz CT molecular complexity index is 1040. The van der Waals surface area contributed by atoms with Gasteiger partial charge in [0.1, 0.15) is 17.1 Å². The number of rotatable bonds is 6. The van der Waals surface area contributed by atoms with Crippen molar-refractivity contribution < 1.29 is 23.9 Å². The monoisotopic (exact) mass is 423 g/mol. The smallest absolute Gasteiger partial charge is 0.216 e. The Morgan fingerprint density at radius 1 is 1.19 bits per heavy atom. The van der Waals surface area contributed by atoms with E-state index < -0.39 is 5.60 Å². The number of carbonyl (C=O) groups is 3. The lowest BCUT2D eigenvalue weighted by atomic mass is 9.78. The summed E-state index contributed by atoms with van der Waals surface area (Å²) in [5, 5.41) is 0. The molecule has 0 saturated heterocycles. The summed E-state index contributed by atoms with van der Waals surface area (Å²) in [4.78, 5) is 40.5. The van der Waals surface area contributed by atoms with Gasteiger partial charge >= 0.3 is 0 Å². The Morgan fingerprint density at radius 3 is 2.61 bits per heavy atom. The molecule has 2 heterocycles. The number of Topliss-reactive ketones (excluding diaryl/α,β-unsaturated/α-hetero) is 3. The Kier molecular flexibility index (Phi) is 5.73. The van der Waals surface area contributed by atoms with E-state index in [4.69, 9.17) is 9.47 Å². The Morgan fingerprint density at radius 2 is 1.94 bits per heavy atom. The van der Waals surface area contributed by atoms with Gasteiger partial charge in [0.15, 0.2) is 18.2 Å². The minimum Gasteiger partial charge on any atom is -0.486 e.